The summed E-state index contributed by atoms with van der Waals surface area (Å²) in [5.74, 6) is 0.493. The van der Waals surface area contributed by atoms with Crippen LogP contribution >= 0.6 is 0 Å². The number of hydrogen-bond acceptors (Lipinski definition) is 3. The lowest BCUT2D eigenvalue weighted by Crippen LogP contribution is -2.40. The van der Waals surface area contributed by atoms with Gasteiger partial charge in [0.05, 0.1) is 0 Å². The molecule has 0 aromatic carbocycles. The molecular weight excluding hydrogens is 204 g/mol. The van der Waals surface area contributed by atoms with E-state index in [1.165, 1.54) is 6.42 Å². The number of carbonyl (C=O) groups excluding carboxylic acids is 1. The van der Waals surface area contributed by atoms with Crippen LogP contribution in [-0.2, 0) is 4.74 Å². The van der Waals surface area contributed by atoms with Gasteiger partial charge in [-0.3, -0.25) is 0 Å². The topological polar surface area (TPSA) is 55.6 Å². The first-order chi connectivity index (χ1) is 7.38. The highest BCUT2D eigenvalue weighted by molar-refractivity contribution is 5.69. The molecule has 4 heteroatoms. The van der Waals surface area contributed by atoms with Gasteiger partial charge >= 0.3 is 6.09 Å². The molecule has 0 bridgehead atoms. The first-order valence-electron chi connectivity index (χ1n) is 6.14. The third kappa shape index (κ3) is 2.17. The minimum absolute atomic E-state index is 0.139. The molecular formula is C12H22N2O2. The number of hydrogen-bond donors (Lipinski definition) is 1. The van der Waals surface area contributed by atoms with Crippen molar-refractivity contribution in [2.45, 2.75) is 57.7 Å². The Morgan fingerprint density at radius 2 is 2.06 bits per heavy atom. The van der Waals surface area contributed by atoms with Crippen molar-refractivity contribution in [1.29, 1.82) is 0 Å². The smallest absolute Gasteiger partial charge is 0.410 e. The number of likely N-dealkylation sites (tertiary alicyclic amines) is 1. The van der Waals surface area contributed by atoms with Crippen molar-refractivity contribution in [3.05, 3.63) is 0 Å². The van der Waals surface area contributed by atoms with E-state index in [0.29, 0.717) is 18.5 Å². The molecule has 3 atom stereocenters. The van der Waals surface area contributed by atoms with E-state index in [9.17, 15) is 4.79 Å². The van der Waals surface area contributed by atoms with Crippen LogP contribution < -0.4 is 5.73 Å². The second kappa shape index (κ2) is 3.91. The Morgan fingerprint density at radius 1 is 1.38 bits per heavy atom. The maximum Gasteiger partial charge on any atom is 0.410 e. The minimum atomic E-state index is -0.419. The lowest BCUT2D eigenvalue weighted by Gasteiger charge is -2.28. The zero-order valence-corrected chi connectivity index (χ0v) is 10.4. The van der Waals surface area contributed by atoms with Crippen LogP contribution in [0.3, 0.4) is 0 Å². The summed E-state index contributed by atoms with van der Waals surface area (Å²) in [6, 6.07) is 0.463. The highest BCUT2D eigenvalue weighted by atomic mass is 16.6. The summed E-state index contributed by atoms with van der Waals surface area (Å²) >= 11 is 0. The molecule has 2 aliphatic rings. The van der Waals surface area contributed by atoms with Crippen LogP contribution in [0.25, 0.3) is 0 Å². The van der Waals surface area contributed by atoms with Gasteiger partial charge in [0.1, 0.15) is 5.60 Å². The molecule has 0 radical (unpaired) electrons. The molecule has 2 N–H and O–H groups in total. The van der Waals surface area contributed by atoms with Crippen LogP contribution in [0.1, 0.15) is 40.0 Å². The lowest BCUT2D eigenvalue weighted by molar-refractivity contribution is 0.0217. The number of nitrogens with zero attached hydrogens (tertiary/aromatic N) is 1. The molecule has 0 aromatic heterocycles. The highest BCUT2D eigenvalue weighted by Crippen LogP contribution is 2.37. The third-order valence-corrected chi connectivity index (χ3v) is 3.52. The fraction of sp³-hybridized carbons (Fsp3) is 0.917. The third-order valence-electron chi connectivity index (χ3n) is 3.52. The summed E-state index contributed by atoms with van der Waals surface area (Å²) in [7, 11) is 0. The first-order valence-corrected chi connectivity index (χ1v) is 6.14. The van der Waals surface area contributed by atoms with Gasteiger partial charge in [-0.05, 0) is 39.5 Å². The van der Waals surface area contributed by atoms with Crippen molar-refractivity contribution >= 4 is 6.09 Å². The molecule has 4 nitrogen and oxygen atoms in total. The number of carbonyl (C=O) groups is 1. The first kappa shape index (κ1) is 11.7. The van der Waals surface area contributed by atoms with Gasteiger partial charge in [0, 0.05) is 18.6 Å². The molecule has 1 amide bonds. The zero-order chi connectivity index (χ0) is 11.9. The monoisotopic (exact) mass is 226 g/mol. The molecule has 1 aliphatic heterocycles. The van der Waals surface area contributed by atoms with Crippen molar-refractivity contribution in [3.63, 3.8) is 0 Å². The van der Waals surface area contributed by atoms with E-state index in [2.05, 4.69) is 0 Å². The van der Waals surface area contributed by atoms with E-state index >= 15 is 0 Å². The molecule has 92 valence electrons. The maximum atomic E-state index is 12.0. The summed E-state index contributed by atoms with van der Waals surface area (Å²) in [5.41, 5.74) is 5.64. The molecule has 1 saturated carbocycles. The zero-order valence-electron chi connectivity index (χ0n) is 10.4. The molecule has 0 unspecified atom stereocenters. The second-order valence-corrected chi connectivity index (χ2v) is 5.96. The van der Waals surface area contributed by atoms with Crippen LogP contribution in [0.5, 0.6) is 0 Å². The fourth-order valence-electron chi connectivity index (χ4n) is 2.88. The molecule has 16 heavy (non-hydrogen) atoms. The van der Waals surface area contributed by atoms with Gasteiger partial charge in [-0.25, -0.2) is 4.79 Å². The lowest BCUT2D eigenvalue weighted by atomic mass is 10.0. The molecule has 1 aliphatic carbocycles. The molecule has 1 heterocycles. The average Bonchev–Trinajstić information content (AvgIpc) is 2.66. The van der Waals surface area contributed by atoms with E-state index < -0.39 is 5.60 Å². The van der Waals surface area contributed by atoms with Crippen LogP contribution in [-0.4, -0.2) is 35.2 Å². The average molecular weight is 226 g/mol. The quantitative estimate of drug-likeness (QED) is 0.684. The van der Waals surface area contributed by atoms with Gasteiger partial charge in [-0.2, -0.15) is 0 Å². The summed E-state index contributed by atoms with van der Waals surface area (Å²) in [5, 5.41) is 0. The molecule has 0 aromatic rings. The van der Waals surface area contributed by atoms with E-state index in [1.54, 1.807) is 0 Å². The van der Waals surface area contributed by atoms with E-state index in [0.717, 1.165) is 12.8 Å². The summed E-state index contributed by atoms with van der Waals surface area (Å²) in [6.07, 6.45) is 3.22. The molecule has 2 fully saturated rings. The van der Waals surface area contributed by atoms with Crippen molar-refractivity contribution in [1.82, 2.24) is 4.90 Å². The maximum absolute atomic E-state index is 12.0. The van der Waals surface area contributed by atoms with Crippen molar-refractivity contribution in [2.24, 2.45) is 11.7 Å². The number of fused-ring (bicyclic) bond motifs is 1. The van der Waals surface area contributed by atoms with Crippen molar-refractivity contribution < 1.29 is 9.53 Å². The number of amides is 1. The van der Waals surface area contributed by atoms with Crippen LogP contribution in [0.2, 0.25) is 0 Å². The highest BCUT2D eigenvalue weighted by Gasteiger charge is 2.45. The van der Waals surface area contributed by atoms with Crippen LogP contribution in [0.4, 0.5) is 4.79 Å². The Hall–Kier alpha value is -0.770. The predicted molar refractivity (Wildman–Crippen MR) is 62.0 cm³/mol. The number of rotatable bonds is 0. The van der Waals surface area contributed by atoms with E-state index in [4.69, 9.17) is 10.5 Å². The van der Waals surface area contributed by atoms with Gasteiger partial charge in [0.2, 0.25) is 0 Å². The number of ether oxygens (including phenoxy) is 1. The molecule has 2 rings (SSSR count). The minimum Gasteiger partial charge on any atom is -0.444 e. The van der Waals surface area contributed by atoms with Crippen molar-refractivity contribution in [3.8, 4) is 0 Å². The van der Waals surface area contributed by atoms with Crippen LogP contribution in [0, 0.1) is 5.92 Å². The number of nitrogens with two attached hydrogens (primary N) is 1. The standard InChI is InChI=1S/C12H22N2O2/c1-12(2,3)16-11(15)14-7-9(13)8-5-4-6-10(8)14/h8-10H,4-7,13H2,1-3H3/t8-,9-,10-/m1/s1. The normalized spacial score (nSPS) is 34.0. The van der Waals surface area contributed by atoms with Crippen molar-refractivity contribution in [2.75, 3.05) is 6.54 Å². The largest absolute Gasteiger partial charge is 0.444 e. The Morgan fingerprint density at radius 3 is 2.69 bits per heavy atom. The van der Waals surface area contributed by atoms with Gasteiger partial charge in [0.25, 0.3) is 0 Å². The fourth-order valence-corrected chi connectivity index (χ4v) is 2.88. The Bertz CT molecular complexity index is 285. The SMILES string of the molecule is CC(C)(C)OC(=O)N1C[C@@H](N)[C@H]2CCC[C@H]21. The van der Waals surface area contributed by atoms with Gasteiger partial charge in [-0.1, -0.05) is 6.42 Å². The summed E-state index contributed by atoms with van der Waals surface area (Å²) < 4.78 is 5.41. The predicted octanol–water partition coefficient (Wildman–Crippen LogP) is 1.73. The summed E-state index contributed by atoms with van der Waals surface area (Å²) in [6.45, 7) is 6.34. The van der Waals surface area contributed by atoms with Gasteiger partial charge in [-0.15, -0.1) is 0 Å². The molecule has 1 saturated heterocycles. The van der Waals surface area contributed by atoms with Gasteiger partial charge < -0.3 is 15.4 Å². The second-order valence-electron chi connectivity index (χ2n) is 5.96. The van der Waals surface area contributed by atoms with E-state index in [-0.39, 0.29) is 12.1 Å². The Balaban J connectivity index is 2.02. The van der Waals surface area contributed by atoms with Gasteiger partial charge in [0.15, 0.2) is 0 Å². The summed E-state index contributed by atoms with van der Waals surface area (Å²) in [4.78, 5) is 13.8. The Labute approximate surface area is 97.1 Å². The van der Waals surface area contributed by atoms with E-state index in [1.807, 2.05) is 25.7 Å². The van der Waals surface area contributed by atoms with Crippen LogP contribution in [0.15, 0.2) is 0 Å². The molecule has 0 spiro atoms. The Kier molecular flexibility index (Phi) is 2.86.